The third kappa shape index (κ3) is 8.66. The van der Waals surface area contributed by atoms with E-state index in [4.69, 9.17) is 0 Å². The van der Waals surface area contributed by atoms with Gasteiger partial charge < -0.3 is 5.32 Å². The molecule has 0 atom stereocenters. The average molecular weight is 1030 g/mol. The molecule has 2 aromatic heterocycles. The lowest BCUT2D eigenvalue weighted by Crippen LogP contribution is -2.13. The lowest BCUT2D eigenvalue weighted by molar-refractivity contribution is 1.08. The quantitative estimate of drug-likeness (QED) is 0.173. The van der Waals surface area contributed by atoms with Gasteiger partial charge in [-0.3, -0.25) is 4.90 Å². The van der Waals surface area contributed by atoms with Crippen LogP contribution in [-0.4, -0.2) is 19.9 Å². The first kappa shape index (κ1) is 41.9. The van der Waals surface area contributed by atoms with E-state index in [1.165, 1.54) is 59.2 Å². The number of nitrogens with zero attached hydrogens (tertiary/aromatic N) is 5. The summed E-state index contributed by atoms with van der Waals surface area (Å²) in [6.45, 7) is 0. The molecule has 1 N–H and O–H groups in total. The van der Waals surface area contributed by atoms with Crippen molar-refractivity contribution in [3.63, 3.8) is 0 Å². The summed E-state index contributed by atoms with van der Waals surface area (Å²) in [6, 6.07) is 66.8. The average Bonchev–Trinajstić information content (AvgIpc) is 3.37. The predicted molar refractivity (Wildman–Crippen MR) is 283 cm³/mol. The van der Waals surface area contributed by atoms with Gasteiger partial charge in [-0.15, -0.1) is 0 Å². The Morgan fingerprint density at radius 3 is 1.14 bits per heavy atom. The van der Waals surface area contributed by atoms with Gasteiger partial charge in [-0.1, -0.05) is 181 Å². The number of nitrogens with one attached hydrogen (secondary N) is 1. The molecule has 0 spiro atoms. The summed E-state index contributed by atoms with van der Waals surface area (Å²) in [4.78, 5) is 19.4. The van der Waals surface area contributed by atoms with Crippen LogP contribution in [0.15, 0.2) is 232 Å². The largest absolute Gasteiger partial charge is 0.324 e. The van der Waals surface area contributed by atoms with Crippen LogP contribution in [0.1, 0.15) is 0 Å². The highest BCUT2D eigenvalue weighted by molar-refractivity contribution is 9.11. The van der Waals surface area contributed by atoms with Crippen molar-refractivity contribution >= 4 is 141 Å². The van der Waals surface area contributed by atoms with Crippen molar-refractivity contribution in [2.75, 3.05) is 10.2 Å². The summed E-state index contributed by atoms with van der Waals surface area (Å²) in [6.07, 6.45) is 6.98. The number of halogens is 3. The lowest BCUT2D eigenvalue weighted by Gasteiger charge is -2.25. The fourth-order valence-electron chi connectivity index (χ4n) is 8.30. The van der Waals surface area contributed by atoms with Gasteiger partial charge in [0, 0.05) is 55.0 Å². The zero-order chi connectivity index (χ0) is 44.1. The zero-order valence-electron chi connectivity index (χ0n) is 34.7. The van der Waals surface area contributed by atoms with Crippen molar-refractivity contribution in [3.8, 4) is 0 Å². The van der Waals surface area contributed by atoms with E-state index in [2.05, 4.69) is 211 Å². The normalized spacial score (nSPS) is 11.0. The van der Waals surface area contributed by atoms with Crippen molar-refractivity contribution in [2.24, 2.45) is 0 Å². The summed E-state index contributed by atoms with van der Waals surface area (Å²) in [5.74, 6) is 1.26. The van der Waals surface area contributed by atoms with Crippen LogP contribution in [0, 0.1) is 0 Å². The molecule has 2 heterocycles. The van der Waals surface area contributed by atoms with Gasteiger partial charge in [0.05, 0.1) is 5.69 Å². The van der Waals surface area contributed by atoms with Gasteiger partial charge in [-0.2, -0.15) is 0 Å². The van der Waals surface area contributed by atoms with Crippen LogP contribution in [0.5, 0.6) is 0 Å². The number of hydrogen-bond donors (Lipinski definition) is 1. The third-order valence-electron chi connectivity index (χ3n) is 11.2. The van der Waals surface area contributed by atoms with E-state index in [9.17, 15) is 0 Å². The Morgan fingerprint density at radius 1 is 0.323 bits per heavy atom. The van der Waals surface area contributed by atoms with Gasteiger partial charge in [0.15, 0.2) is 0 Å². The summed E-state index contributed by atoms with van der Waals surface area (Å²) in [5.41, 5.74) is 3.07. The first-order valence-corrected chi connectivity index (χ1v) is 23.3. The summed E-state index contributed by atoms with van der Waals surface area (Å²) in [7, 11) is 0. The Kier molecular flexibility index (Phi) is 12.2. The van der Waals surface area contributed by atoms with E-state index >= 15 is 0 Å². The Morgan fingerprint density at radius 2 is 0.677 bits per heavy atom. The van der Waals surface area contributed by atoms with E-state index in [0.29, 0.717) is 11.9 Å². The van der Waals surface area contributed by atoms with Gasteiger partial charge in [0.1, 0.15) is 0 Å². The van der Waals surface area contributed by atoms with E-state index in [-0.39, 0.29) is 0 Å². The van der Waals surface area contributed by atoms with Crippen LogP contribution in [0.3, 0.4) is 0 Å². The van der Waals surface area contributed by atoms with Gasteiger partial charge >= 0.3 is 0 Å². The molecule has 6 nitrogen and oxygen atoms in total. The molecule has 0 aliphatic heterocycles. The Bertz CT molecular complexity index is 3460. The minimum absolute atomic E-state index is 0.619. The number of benzene rings is 10. The standard InChI is InChI=1S/C28H18BrN3.C18H10Br2.C10H9N3/c29-26-17-24-21-12-5-7-14-23(21)27(18-25(24)20-11-4-6-13-22(20)26)32(19-9-2-1-3-10-19)28-30-15-8-16-31-28;19-17-10-16-12-6-2-4-8-14(12)18(20)9-15(16)11-5-1-3-7-13(11)17;1-2-5-9(6-3-1)13-10-11-7-4-8-12-10/h1-18H;1-10H;1-8H,(H,11,12,13). The molecular formula is C56H37Br3N6. The fourth-order valence-corrected chi connectivity index (χ4v) is 10.0. The molecule has 0 fully saturated rings. The third-order valence-corrected chi connectivity index (χ3v) is 13.2. The van der Waals surface area contributed by atoms with Crippen molar-refractivity contribution in [2.45, 2.75) is 0 Å². The van der Waals surface area contributed by atoms with Crippen molar-refractivity contribution in [3.05, 3.63) is 232 Å². The maximum absolute atomic E-state index is 4.60. The Balaban J connectivity index is 0.000000128. The molecule has 9 heteroatoms. The van der Waals surface area contributed by atoms with Crippen LogP contribution < -0.4 is 10.2 Å². The zero-order valence-corrected chi connectivity index (χ0v) is 39.4. The molecular weight excluding hydrogens is 996 g/mol. The van der Waals surface area contributed by atoms with Crippen LogP contribution in [-0.2, 0) is 0 Å². The SMILES string of the molecule is Brc1cc2c3ccccc3c(Br)cc2c2ccccc12.Brc1cc2c3ccccc3c(N(c3ccccc3)c3ncccn3)cc2c2ccccc12.c1ccc(Nc2ncccn2)cc1. The van der Waals surface area contributed by atoms with Crippen LogP contribution in [0.4, 0.5) is 29.0 Å². The summed E-state index contributed by atoms with van der Waals surface area (Å²) in [5, 5.41) is 17.9. The number of anilines is 5. The monoisotopic (exact) mass is 1030 g/mol. The second-order valence-corrected chi connectivity index (χ2v) is 17.7. The molecule has 10 aromatic carbocycles. The van der Waals surface area contributed by atoms with Crippen molar-refractivity contribution in [1.29, 1.82) is 0 Å². The molecule has 12 rings (SSSR count). The van der Waals surface area contributed by atoms with Crippen molar-refractivity contribution in [1.82, 2.24) is 19.9 Å². The van der Waals surface area contributed by atoms with Gasteiger partial charge in [-0.25, -0.2) is 19.9 Å². The molecule has 0 saturated heterocycles. The molecule has 0 unspecified atom stereocenters. The van der Waals surface area contributed by atoms with Crippen LogP contribution in [0.25, 0.3) is 64.6 Å². The number of aromatic nitrogens is 4. The minimum Gasteiger partial charge on any atom is -0.324 e. The topological polar surface area (TPSA) is 66.8 Å². The van der Waals surface area contributed by atoms with Crippen LogP contribution >= 0.6 is 47.8 Å². The van der Waals surface area contributed by atoms with E-state index in [1.54, 1.807) is 30.9 Å². The Hall–Kier alpha value is -7.04. The molecule has 65 heavy (non-hydrogen) atoms. The highest BCUT2D eigenvalue weighted by Crippen LogP contribution is 2.44. The number of hydrogen-bond acceptors (Lipinski definition) is 6. The lowest BCUT2D eigenvalue weighted by atomic mass is 9.95. The number of fused-ring (bicyclic) bond motifs is 10. The van der Waals surface area contributed by atoms with E-state index in [0.717, 1.165) is 35.9 Å². The molecule has 0 bridgehead atoms. The number of para-hydroxylation sites is 2. The highest BCUT2D eigenvalue weighted by Gasteiger charge is 2.20. The second kappa shape index (κ2) is 19.0. The smallest absolute Gasteiger partial charge is 0.234 e. The minimum atomic E-state index is 0.619. The van der Waals surface area contributed by atoms with Gasteiger partial charge in [-0.05, 0) is 120 Å². The summed E-state index contributed by atoms with van der Waals surface area (Å²) < 4.78 is 3.39. The molecule has 312 valence electrons. The molecule has 12 aromatic rings. The molecule has 0 radical (unpaired) electrons. The molecule has 0 saturated carbocycles. The van der Waals surface area contributed by atoms with E-state index < -0.39 is 0 Å². The predicted octanol–water partition coefficient (Wildman–Crippen LogP) is 17.1. The first-order valence-electron chi connectivity index (χ1n) is 20.9. The van der Waals surface area contributed by atoms with Crippen LogP contribution in [0.2, 0.25) is 0 Å². The maximum atomic E-state index is 4.60. The maximum Gasteiger partial charge on any atom is 0.234 e. The van der Waals surface area contributed by atoms with Crippen molar-refractivity contribution < 1.29 is 0 Å². The van der Waals surface area contributed by atoms with Gasteiger partial charge in [0.2, 0.25) is 11.9 Å². The molecule has 0 aliphatic rings. The van der Waals surface area contributed by atoms with Gasteiger partial charge in [0.25, 0.3) is 0 Å². The second-order valence-electron chi connectivity index (χ2n) is 15.1. The first-order chi connectivity index (χ1) is 32.0. The fraction of sp³-hybridized carbons (Fsp3) is 0. The Labute approximate surface area is 401 Å². The summed E-state index contributed by atoms with van der Waals surface area (Å²) >= 11 is 11.2. The van der Waals surface area contributed by atoms with E-state index in [1.807, 2.05) is 54.6 Å². The number of rotatable bonds is 5. The highest BCUT2D eigenvalue weighted by atomic mass is 79.9. The molecule has 0 aliphatic carbocycles. The molecule has 0 amide bonds.